The first-order valence-corrected chi connectivity index (χ1v) is 39.7. The Morgan fingerprint density at radius 3 is 0.775 bits per heavy atom. The molecule has 9 heterocycles. The summed E-state index contributed by atoms with van der Waals surface area (Å²) in [7, 11) is 0. The van der Waals surface area contributed by atoms with E-state index in [0.717, 1.165) is 166 Å². The van der Waals surface area contributed by atoms with Crippen molar-refractivity contribution in [3.63, 3.8) is 0 Å². The lowest BCUT2D eigenvalue weighted by Crippen LogP contribution is -2.01. The Morgan fingerprint density at radius 2 is 0.400 bits per heavy atom. The molecule has 0 N–H and O–H groups in total. The summed E-state index contributed by atoms with van der Waals surface area (Å²) < 4.78 is 26.0. The number of hydrogen-bond donors (Lipinski definition) is 0. The molecule has 24 rings (SSSR count). The van der Waals surface area contributed by atoms with Crippen molar-refractivity contribution in [3.8, 4) is 120 Å². The van der Waals surface area contributed by atoms with Crippen LogP contribution in [0.5, 0.6) is 0 Å². The van der Waals surface area contributed by atoms with Gasteiger partial charge in [-0.25, -0.2) is 44.9 Å². The third-order valence-corrected chi connectivity index (χ3v) is 21.8. The second-order valence-corrected chi connectivity index (χ2v) is 29.2. The minimum absolute atomic E-state index is 0.617. The Hall–Kier alpha value is -16.7. The molecule has 0 spiro atoms. The van der Waals surface area contributed by atoms with E-state index >= 15 is 0 Å². The monoisotopic (exact) mass is 1540 g/mol. The van der Waals surface area contributed by atoms with Gasteiger partial charge in [0.25, 0.3) is 0 Å². The van der Waals surface area contributed by atoms with Crippen LogP contribution >= 0.6 is 0 Å². The number of nitrogens with zero attached hydrogens (tertiary/aromatic N) is 12. The maximum Gasteiger partial charge on any atom is 0.213 e. The third kappa shape index (κ3) is 12.7. The van der Waals surface area contributed by atoms with Crippen LogP contribution < -0.4 is 0 Å². The van der Waals surface area contributed by atoms with Crippen molar-refractivity contribution in [1.82, 2.24) is 58.6 Å². The van der Waals surface area contributed by atoms with Crippen LogP contribution in [0.1, 0.15) is 0 Å². The molecule has 0 aliphatic rings. The maximum absolute atomic E-state index is 6.51. The highest BCUT2D eigenvalue weighted by Gasteiger charge is 2.26. The van der Waals surface area contributed by atoms with Crippen molar-refractivity contribution in [2.45, 2.75) is 0 Å². The molecule has 15 heteroatoms. The number of furan rings is 3. The molecule has 9 aromatic heterocycles. The highest BCUT2D eigenvalue weighted by atomic mass is 16.4. The predicted octanol–water partition coefficient (Wildman–Crippen LogP) is 26.1. The van der Waals surface area contributed by atoms with Gasteiger partial charge >= 0.3 is 0 Å². The minimum atomic E-state index is 0.617. The summed E-state index contributed by atoms with van der Waals surface area (Å²) in [6.07, 6.45) is 0. The molecular formula is C105H66N12O3. The van der Waals surface area contributed by atoms with Crippen molar-refractivity contribution < 1.29 is 13.3 Å². The van der Waals surface area contributed by atoms with E-state index in [-0.39, 0.29) is 0 Å². The summed E-state index contributed by atoms with van der Waals surface area (Å²) in [4.78, 5) is 44.1. The van der Waals surface area contributed by atoms with Crippen LogP contribution in [-0.4, -0.2) is 58.6 Å². The van der Waals surface area contributed by atoms with Gasteiger partial charge in [0, 0.05) is 99.5 Å². The molecule has 0 amide bonds. The molecule has 24 aromatic rings. The minimum Gasteiger partial charge on any atom is -0.439 e. The quantitative estimate of drug-likeness (QED) is 0.114. The zero-order chi connectivity index (χ0) is 79.4. The predicted molar refractivity (Wildman–Crippen MR) is 481 cm³/mol. The second kappa shape index (κ2) is 30.0. The molecule has 120 heavy (non-hydrogen) atoms. The second-order valence-electron chi connectivity index (χ2n) is 29.2. The fraction of sp³-hybridized carbons (Fsp3) is 0. The number of hydrogen-bond acceptors (Lipinski definition) is 12. The molecule has 15 aromatic carbocycles. The Balaban J connectivity index is 0.000000108. The van der Waals surface area contributed by atoms with Crippen molar-refractivity contribution >= 4 is 98.9 Å². The van der Waals surface area contributed by atoms with Gasteiger partial charge in [0.05, 0.1) is 32.7 Å². The summed E-state index contributed by atoms with van der Waals surface area (Å²) in [5.74, 6) is 5.72. The fourth-order valence-corrected chi connectivity index (χ4v) is 16.2. The van der Waals surface area contributed by atoms with E-state index in [0.29, 0.717) is 52.4 Å². The van der Waals surface area contributed by atoms with Crippen molar-refractivity contribution in [1.29, 1.82) is 0 Å². The van der Waals surface area contributed by atoms with Gasteiger partial charge in [-0.2, -0.15) is 0 Å². The zero-order valence-electron chi connectivity index (χ0n) is 64.2. The fourth-order valence-electron chi connectivity index (χ4n) is 16.2. The first kappa shape index (κ1) is 70.0. The lowest BCUT2D eigenvalue weighted by atomic mass is 10.1. The molecule has 0 bridgehead atoms. The molecule has 0 saturated heterocycles. The lowest BCUT2D eigenvalue weighted by molar-refractivity contribution is 0.645. The Bertz CT molecular complexity index is 7780. The number of fused-ring (bicyclic) bond motifs is 15. The number of aromatic nitrogens is 12. The molecule has 0 aliphatic carbocycles. The largest absolute Gasteiger partial charge is 0.439 e. The number of benzene rings is 15. The van der Waals surface area contributed by atoms with E-state index in [1.807, 2.05) is 267 Å². The maximum atomic E-state index is 6.51. The SMILES string of the molecule is c1ccc(-c2nc(-c3ccccc3)nc(-c3ccc4c(c3)c3c5ccccc5oc3n4-c3ccccc3)n2)cc1.c1ccc(-c2nc(-c3ccccc3)nc(-c3ccc4oc5c(c4c3)c3ccccc3n5-c3ccccc3)n2)cc1.c1ccc(-c2nc(-c3ccccc3)nc(-c3cccc(-n4c5ccccc5c5c6ccccc6oc54)c3)n2)cc1. The molecular weight excluding hydrogens is 1480 g/mol. The van der Waals surface area contributed by atoms with Gasteiger partial charge in [0.15, 0.2) is 52.4 Å². The normalized spacial score (nSPS) is 11.5. The van der Waals surface area contributed by atoms with Crippen LogP contribution in [0.15, 0.2) is 414 Å². The van der Waals surface area contributed by atoms with Crippen molar-refractivity contribution in [2.24, 2.45) is 0 Å². The van der Waals surface area contributed by atoms with Gasteiger partial charge in [-0.3, -0.25) is 13.7 Å². The summed E-state index contributed by atoms with van der Waals surface area (Å²) >= 11 is 0. The molecule has 0 radical (unpaired) electrons. The van der Waals surface area contributed by atoms with Crippen molar-refractivity contribution in [2.75, 3.05) is 0 Å². The Labute approximate surface area is 686 Å². The lowest BCUT2D eigenvalue weighted by Gasteiger charge is -2.10. The first-order chi connectivity index (χ1) is 59.5. The summed E-state index contributed by atoms with van der Waals surface area (Å²) in [6.45, 7) is 0. The van der Waals surface area contributed by atoms with Crippen LogP contribution in [0.4, 0.5) is 0 Å². The zero-order valence-corrected chi connectivity index (χ0v) is 64.2. The number of rotatable bonds is 12. The van der Waals surface area contributed by atoms with Crippen LogP contribution in [0.3, 0.4) is 0 Å². The molecule has 0 unspecified atom stereocenters. The van der Waals surface area contributed by atoms with Gasteiger partial charge in [-0.1, -0.05) is 303 Å². The van der Waals surface area contributed by atoms with Gasteiger partial charge in [-0.15, -0.1) is 0 Å². The van der Waals surface area contributed by atoms with Gasteiger partial charge in [0.1, 0.15) is 16.7 Å². The average molecular weight is 1540 g/mol. The van der Waals surface area contributed by atoms with E-state index in [9.17, 15) is 0 Å². The van der Waals surface area contributed by atoms with E-state index in [1.165, 1.54) is 0 Å². The Morgan fingerprint density at radius 1 is 0.158 bits per heavy atom. The van der Waals surface area contributed by atoms with Gasteiger partial charge in [0.2, 0.25) is 17.1 Å². The molecule has 0 fully saturated rings. The van der Waals surface area contributed by atoms with E-state index in [2.05, 4.69) is 147 Å². The average Bonchev–Trinajstić information content (AvgIpc) is 1.57. The highest BCUT2D eigenvalue weighted by Crippen LogP contribution is 2.45. The van der Waals surface area contributed by atoms with Crippen molar-refractivity contribution in [3.05, 3.63) is 400 Å². The van der Waals surface area contributed by atoms with Crippen LogP contribution in [-0.2, 0) is 0 Å². The standard InChI is InChI=1S/3C35H22N4O/c1-4-12-23(13-5-1)32-36-33(24-14-6-2-7-15-24)38-34(37-32)25-20-21-29-28(22-25)31-27-18-10-11-19-30(27)40-35(31)39(29)26-16-8-3-9-17-26;1-4-12-23(13-5-1)32-36-33(24-14-6-2-7-15-24)38-34(37-32)25-20-21-30-28(22-25)31-27-18-10-11-19-29(27)39(35(31)40-30)26-16-8-3-9-17-26;1-3-12-23(13-4-1)32-36-33(24-14-5-2-6-15-24)38-34(37-32)25-16-11-17-26(22-25)39-29-20-9-7-18-27(29)31-28-19-8-10-21-30(28)40-35(31)39/h3*1-22H. The Kier molecular flexibility index (Phi) is 17.5. The number of para-hydroxylation sites is 6. The van der Waals surface area contributed by atoms with Crippen LogP contribution in [0.2, 0.25) is 0 Å². The smallest absolute Gasteiger partial charge is 0.213 e. The molecule has 564 valence electrons. The molecule has 0 aliphatic heterocycles. The van der Waals surface area contributed by atoms with Gasteiger partial charge < -0.3 is 13.3 Å². The summed E-state index contributed by atoms with van der Waals surface area (Å²) in [6, 6.07) is 135. The third-order valence-electron chi connectivity index (χ3n) is 21.8. The van der Waals surface area contributed by atoms with E-state index in [4.69, 9.17) is 58.1 Å². The first-order valence-electron chi connectivity index (χ1n) is 39.7. The summed E-state index contributed by atoms with van der Waals surface area (Å²) in [5.41, 5.74) is 19.8. The molecule has 0 atom stereocenters. The molecule has 0 saturated carbocycles. The molecule has 15 nitrogen and oxygen atoms in total. The topological polar surface area (TPSA) is 170 Å². The van der Waals surface area contributed by atoms with E-state index in [1.54, 1.807) is 0 Å². The van der Waals surface area contributed by atoms with E-state index < -0.39 is 0 Å². The summed E-state index contributed by atoms with van der Waals surface area (Å²) in [5, 5.41) is 9.89. The van der Waals surface area contributed by atoms with Gasteiger partial charge in [-0.05, 0) is 97.1 Å². The highest BCUT2D eigenvalue weighted by molar-refractivity contribution is 6.23. The van der Waals surface area contributed by atoms with Crippen LogP contribution in [0, 0.1) is 0 Å². The van der Waals surface area contributed by atoms with Crippen LogP contribution in [0.25, 0.3) is 218 Å².